The van der Waals surface area contributed by atoms with Gasteiger partial charge in [0.2, 0.25) is 5.91 Å². The molecule has 15 heteroatoms. The number of amides is 5. The molecule has 0 saturated carbocycles. The highest BCUT2D eigenvalue weighted by Gasteiger charge is 2.73. The van der Waals surface area contributed by atoms with Crippen molar-refractivity contribution in [1.82, 2.24) is 20.9 Å². The molecule has 8 nitrogen and oxygen atoms in total. The quantitative estimate of drug-likeness (QED) is 0.311. The molecule has 3 atom stereocenters. The number of likely N-dealkylation sites (tertiary alicyclic amines) is 1. The van der Waals surface area contributed by atoms with Crippen molar-refractivity contribution >= 4 is 18.0 Å². The molecule has 1 aliphatic carbocycles. The van der Waals surface area contributed by atoms with Crippen LogP contribution in [-0.2, 0) is 21.6 Å². The first kappa shape index (κ1) is 31.4. The van der Waals surface area contributed by atoms with E-state index in [4.69, 9.17) is 4.74 Å². The number of ether oxygens (including phenoxy) is 1. The van der Waals surface area contributed by atoms with Gasteiger partial charge < -0.3 is 20.3 Å². The van der Waals surface area contributed by atoms with E-state index in [2.05, 4.69) is 16.0 Å². The summed E-state index contributed by atoms with van der Waals surface area (Å²) < 4.78 is 99.1. The molecule has 1 saturated heterocycles. The number of aryl methyl sites for hydroxylation is 1. The Morgan fingerprint density at radius 2 is 1.73 bits per heavy atom. The van der Waals surface area contributed by atoms with Crippen LogP contribution in [0.1, 0.15) is 55.7 Å². The number of hydrogen-bond donors (Lipinski definition) is 3. The van der Waals surface area contributed by atoms with Gasteiger partial charge in [-0.3, -0.25) is 10.1 Å². The summed E-state index contributed by atoms with van der Waals surface area (Å²) in [6, 6.07) is 0.758. The molecule has 224 valence electrons. The number of benzene rings is 1. The van der Waals surface area contributed by atoms with Crippen molar-refractivity contribution in [3.63, 3.8) is 0 Å². The average Bonchev–Trinajstić information content (AvgIpc) is 3.28. The predicted octanol–water partition coefficient (Wildman–Crippen LogP) is 4.43. The largest absolute Gasteiger partial charge is 0.435 e. The van der Waals surface area contributed by atoms with Crippen LogP contribution in [0, 0.1) is 0 Å². The summed E-state index contributed by atoms with van der Waals surface area (Å²) in [5.74, 6) is -0.783. The smallest absolute Gasteiger partial charge is 0.380 e. The molecule has 1 aromatic rings. The van der Waals surface area contributed by atoms with E-state index < -0.39 is 35.5 Å². The molecule has 0 aromatic heterocycles. The van der Waals surface area contributed by atoms with Crippen LogP contribution in [0.25, 0.3) is 0 Å². The van der Waals surface area contributed by atoms with Crippen LogP contribution in [0.3, 0.4) is 0 Å². The number of urea groups is 2. The van der Waals surface area contributed by atoms with Crippen LogP contribution in [0.15, 0.2) is 18.2 Å². The van der Waals surface area contributed by atoms with Crippen LogP contribution in [-0.4, -0.2) is 73.6 Å². The van der Waals surface area contributed by atoms with Gasteiger partial charge in [-0.15, -0.1) is 0 Å². The summed E-state index contributed by atoms with van der Waals surface area (Å²) in [5.41, 5.74) is -6.23. The normalized spacial score (nSPS) is 19.9. The molecule has 2 unspecified atom stereocenters. The summed E-state index contributed by atoms with van der Waals surface area (Å²) in [4.78, 5) is 36.6. The number of imide groups is 1. The number of halogens is 7. The molecule has 3 N–H and O–H groups in total. The van der Waals surface area contributed by atoms with Gasteiger partial charge >= 0.3 is 30.1 Å². The second-order valence-corrected chi connectivity index (χ2v) is 9.95. The van der Waals surface area contributed by atoms with Crippen molar-refractivity contribution in [2.24, 2.45) is 0 Å². The van der Waals surface area contributed by atoms with E-state index in [1.165, 1.54) is 6.92 Å². The van der Waals surface area contributed by atoms with E-state index in [0.717, 1.165) is 6.07 Å². The Balaban J connectivity index is 1.54. The van der Waals surface area contributed by atoms with E-state index in [1.807, 2.05) is 0 Å². The summed E-state index contributed by atoms with van der Waals surface area (Å²) >= 11 is 0. The number of nitrogens with zero attached hydrogens (tertiary/aromatic N) is 1. The third-order valence-electron chi connectivity index (χ3n) is 7.12. The molecule has 5 amide bonds. The monoisotopic (exact) mass is 584 g/mol. The molecule has 1 fully saturated rings. The van der Waals surface area contributed by atoms with Crippen molar-refractivity contribution in [3.05, 3.63) is 34.9 Å². The van der Waals surface area contributed by atoms with Crippen LogP contribution in [0.5, 0.6) is 0 Å². The van der Waals surface area contributed by atoms with E-state index in [1.54, 1.807) is 11.8 Å². The van der Waals surface area contributed by atoms with Crippen LogP contribution >= 0.6 is 0 Å². The zero-order chi connectivity index (χ0) is 29.9. The van der Waals surface area contributed by atoms with E-state index in [0.29, 0.717) is 43.5 Å². The maximum atomic E-state index is 14.5. The van der Waals surface area contributed by atoms with Gasteiger partial charge in [0.1, 0.15) is 0 Å². The minimum absolute atomic E-state index is 0.0990. The van der Waals surface area contributed by atoms with Crippen molar-refractivity contribution in [2.75, 3.05) is 26.3 Å². The second-order valence-electron chi connectivity index (χ2n) is 9.95. The maximum absolute atomic E-state index is 14.5. The molecule has 0 spiro atoms. The van der Waals surface area contributed by atoms with Gasteiger partial charge in [-0.05, 0) is 43.7 Å². The summed E-state index contributed by atoms with van der Waals surface area (Å²) in [6.07, 6.45) is -11.0. The zero-order valence-electron chi connectivity index (χ0n) is 21.8. The molecule has 0 radical (unpaired) electrons. The molecule has 1 aromatic carbocycles. The standard InChI is InChI=1S/C25H31F7N4O4/c1-14(8-11-40-12-9-33-21(38)35-15(2)37)34-22(39)36-10-7-19-18-5-4-17(13-16(18)3-6-20(19)36)23(26,24(27,28)29)25(30,31)32/h4-5,13-14,19-20H,3,6-12H2,1-2H3,(H,34,39)(H2,33,35,37,38)/t14?,19-,20?/m0/s1. The van der Waals surface area contributed by atoms with Crippen molar-refractivity contribution in [1.29, 1.82) is 0 Å². The Labute approximate surface area is 226 Å². The highest BCUT2D eigenvalue weighted by atomic mass is 19.4. The Morgan fingerprint density at radius 3 is 2.35 bits per heavy atom. The Bertz CT molecular complexity index is 1080. The number of rotatable bonds is 8. The third-order valence-corrected chi connectivity index (χ3v) is 7.12. The van der Waals surface area contributed by atoms with E-state index in [-0.39, 0.29) is 55.8 Å². The minimum atomic E-state index is -6.18. The first-order valence-electron chi connectivity index (χ1n) is 12.7. The molecular formula is C25H31F7N4O4. The van der Waals surface area contributed by atoms with Gasteiger partial charge in [-0.1, -0.05) is 18.2 Å². The van der Waals surface area contributed by atoms with Crippen molar-refractivity contribution < 1.29 is 49.9 Å². The number of alkyl halides is 7. The average molecular weight is 585 g/mol. The Kier molecular flexibility index (Phi) is 9.58. The van der Waals surface area contributed by atoms with Crippen LogP contribution in [0.4, 0.5) is 40.3 Å². The molecule has 3 rings (SSSR count). The zero-order valence-corrected chi connectivity index (χ0v) is 21.8. The fourth-order valence-electron chi connectivity index (χ4n) is 5.18. The molecule has 0 bridgehead atoms. The third kappa shape index (κ3) is 6.78. The lowest BCUT2D eigenvalue weighted by Gasteiger charge is -2.35. The summed E-state index contributed by atoms with van der Waals surface area (Å²) in [6.45, 7) is 3.98. The molecule has 40 heavy (non-hydrogen) atoms. The van der Waals surface area contributed by atoms with Gasteiger partial charge in [-0.25, -0.2) is 14.0 Å². The van der Waals surface area contributed by atoms with Gasteiger partial charge in [0, 0.05) is 50.2 Å². The van der Waals surface area contributed by atoms with Gasteiger partial charge in [0.15, 0.2) is 0 Å². The van der Waals surface area contributed by atoms with Crippen LogP contribution in [0.2, 0.25) is 0 Å². The Morgan fingerprint density at radius 1 is 1.05 bits per heavy atom. The van der Waals surface area contributed by atoms with Gasteiger partial charge in [0.25, 0.3) is 0 Å². The fraction of sp³-hybridized carbons (Fsp3) is 0.640. The SMILES string of the molecule is CC(=O)NC(=O)NCCOCCC(C)NC(=O)N1CC[C@H]2c3ccc(C(F)(C(F)(F)F)C(F)(F)F)cc3CCC21. The highest BCUT2D eigenvalue weighted by molar-refractivity contribution is 5.92. The molecule has 2 aliphatic rings. The number of hydrogen-bond acceptors (Lipinski definition) is 4. The maximum Gasteiger partial charge on any atom is 0.435 e. The van der Waals surface area contributed by atoms with Crippen molar-refractivity contribution in [3.8, 4) is 0 Å². The van der Waals surface area contributed by atoms with Gasteiger partial charge in [-0.2, -0.15) is 26.3 Å². The highest BCUT2D eigenvalue weighted by Crippen LogP contribution is 2.54. The van der Waals surface area contributed by atoms with Crippen molar-refractivity contribution in [2.45, 2.75) is 75.6 Å². The first-order chi connectivity index (χ1) is 18.6. The van der Waals surface area contributed by atoms with Gasteiger partial charge in [0.05, 0.1) is 6.61 Å². The molecule has 1 aliphatic heterocycles. The number of carbonyl (C=O) groups is 3. The second kappa shape index (κ2) is 12.2. The lowest BCUT2D eigenvalue weighted by molar-refractivity contribution is -0.348. The molecular weight excluding hydrogens is 553 g/mol. The van der Waals surface area contributed by atoms with E-state index in [9.17, 15) is 45.1 Å². The number of carbonyl (C=O) groups excluding carboxylic acids is 3. The minimum Gasteiger partial charge on any atom is -0.380 e. The molecule has 1 heterocycles. The van der Waals surface area contributed by atoms with E-state index >= 15 is 0 Å². The Hall–Kier alpha value is -3.10. The summed E-state index contributed by atoms with van der Waals surface area (Å²) in [7, 11) is 0. The first-order valence-corrected chi connectivity index (χ1v) is 12.7. The van der Waals surface area contributed by atoms with Crippen LogP contribution < -0.4 is 16.0 Å². The predicted molar refractivity (Wildman–Crippen MR) is 128 cm³/mol. The lowest BCUT2D eigenvalue weighted by atomic mass is 9.77. The summed E-state index contributed by atoms with van der Waals surface area (Å²) in [5, 5.41) is 7.35. The fourth-order valence-corrected chi connectivity index (χ4v) is 5.18. The lowest BCUT2D eigenvalue weighted by Crippen LogP contribution is -2.50. The number of fused-ring (bicyclic) bond motifs is 3. The number of nitrogens with one attached hydrogen (secondary N) is 3. The topological polar surface area (TPSA) is 99.8 Å².